The molecule has 0 aliphatic carbocycles. The number of anilines is 1. The maximum atomic E-state index is 12.4. The van der Waals surface area contributed by atoms with Crippen molar-refractivity contribution in [2.24, 2.45) is 0 Å². The first-order valence-corrected chi connectivity index (χ1v) is 10.2. The molecule has 1 amide bonds. The van der Waals surface area contributed by atoms with Crippen molar-refractivity contribution in [1.29, 1.82) is 0 Å². The zero-order valence-electron chi connectivity index (χ0n) is 15.2. The van der Waals surface area contributed by atoms with E-state index in [2.05, 4.69) is 27.4 Å². The summed E-state index contributed by atoms with van der Waals surface area (Å²) in [6.45, 7) is 0.744. The summed E-state index contributed by atoms with van der Waals surface area (Å²) in [6, 6.07) is 14.3. The van der Waals surface area contributed by atoms with E-state index in [0.29, 0.717) is 18.0 Å². The Bertz CT molecular complexity index is 1160. The number of aromatic nitrogens is 2. The average molecular weight is 389 g/mol. The molecular weight excluding hydrogens is 370 g/mol. The van der Waals surface area contributed by atoms with Gasteiger partial charge in [-0.3, -0.25) is 4.79 Å². The molecule has 2 N–H and O–H groups in total. The summed E-state index contributed by atoms with van der Waals surface area (Å²) in [7, 11) is 0. The number of thiazole rings is 1. The second kappa shape index (κ2) is 7.13. The number of rotatable bonds is 5. The summed E-state index contributed by atoms with van der Waals surface area (Å²) in [5.41, 5.74) is 5.41. The normalized spacial score (nSPS) is 12.7. The Kier molecular flexibility index (Phi) is 4.33. The van der Waals surface area contributed by atoms with Crippen molar-refractivity contribution in [3.05, 3.63) is 65.2 Å². The number of para-hydroxylation sites is 1. The SMILES string of the molecule is O=C(CCc1c[nH]c2ccccc12)Nc1nc(-c2ccc3c(c2)CCO3)cs1. The van der Waals surface area contributed by atoms with E-state index in [0.717, 1.165) is 41.1 Å². The molecule has 0 bridgehead atoms. The molecule has 0 spiro atoms. The Morgan fingerprint density at radius 2 is 2.18 bits per heavy atom. The van der Waals surface area contributed by atoms with E-state index in [1.807, 2.05) is 41.9 Å². The molecule has 4 aromatic rings. The molecule has 0 unspecified atom stereocenters. The van der Waals surface area contributed by atoms with E-state index >= 15 is 0 Å². The van der Waals surface area contributed by atoms with Crippen LogP contribution in [0.5, 0.6) is 5.75 Å². The van der Waals surface area contributed by atoms with E-state index in [1.165, 1.54) is 22.3 Å². The number of hydrogen-bond donors (Lipinski definition) is 2. The fourth-order valence-electron chi connectivity index (χ4n) is 3.58. The van der Waals surface area contributed by atoms with Crippen LogP contribution in [0.4, 0.5) is 5.13 Å². The van der Waals surface area contributed by atoms with E-state index in [1.54, 1.807) is 0 Å². The lowest BCUT2D eigenvalue weighted by Gasteiger charge is -2.02. The van der Waals surface area contributed by atoms with Crippen LogP contribution in [0.25, 0.3) is 22.2 Å². The molecule has 3 heterocycles. The number of carbonyl (C=O) groups excluding carboxylic acids is 1. The standard InChI is InChI=1S/C22H19N3O2S/c26-21(8-6-16-12-23-18-4-2-1-3-17(16)18)25-22-24-19(13-28-22)14-5-7-20-15(11-14)9-10-27-20/h1-5,7,11-13,23H,6,8-10H2,(H,24,25,26). The Labute approximate surface area is 166 Å². The average Bonchev–Trinajstić information content (AvgIpc) is 3.45. The van der Waals surface area contributed by atoms with E-state index in [4.69, 9.17) is 4.74 Å². The summed E-state index contributed by atoms with van der Waals surface area (Å²) >= 11 is 1.45. The Morgan fingerprint density at radius 3 is 3.14 bits per heavy atom. The number of nitrogens with zero attached hydrogens (tertiary/aromatic N) is 1. The number of amides is 1. The van der Waals surface area contributed by atoms with Crippen molar-refractivity contribution in [2.45, 2.75) is 19.3 Å². The van der Waals surface area contributed by atoms with Crippen LogP contribution in [0, 0.1) is 0 Å². The largest absolute Gasteiger partial charge is 0.493 e. The number of fused-ring (bicyclic) bond motifs is 2. The minimum absolute atomic E-state index is 0.0199. The molecule has 0 fully saturated rings. The number of hydrogen-bond acceptors (Lipinski definition) is 4. The van der Waals surface area contributed by atoms with Crippen molar-refractivity contribution in [1.82, 2.24) is 9.97 Å². The van der Waals surface area contributed by atoms with Gasteiger partial charge in [0.1, 0.15) is 5.75 Å². The minimum Gasteiger partial charge on any atom is -0.493 e. The number of carbonyl (C=O) groups is 1. The smallest absolute Gasteiger partial charge is 0.226 e. The number of ether oxygens (including phenoxy) is 1. The second-order valence-electron chi connectivity index (χ2n) is 6.87. The zero-order chi connectivity index (χ0) is 18.9. The third-order valence-corrected chi connectivity index (χ3v) is 5.79. The van der Waals surface area contributed by atoms with Gasteiger partial charge >= 0.3 is 0 Å². The van der Waals surface area contributed by atoms with E-state index in [-0.39, 0.29) is 5.91 Å². The molecule has 1 aliphatic heterocycles. The minimum atomic E-state index is -0.0199. The quantitative estimate of drug-likeness (QED) is 0.515. The highest BCUT2D eigenvalue weighted by Crippen LogP contribution is 2.32. The predicted molar refractivity (Wildman–Crippen MR) is 112 cm³/mol. The van der Waals surface area contributed by atoms with Gasteiger partial charge in [-0.15, -0.1) is 11.3 Å². The summed E-state index contributed by atoms with van der Waals surface area (Å²) in [6.07, 6.45) is 4.04. The molecule has 5 nitrogen and oxygen atoms in total. The summed E-state index contributed by atoms with van der Waals surface area (Å²) < 4.78 is 5.55. The van der Waals surface area contributed by atoms with Gasteiger partial charge in [-0.1, -0.05) is 18.2 Å². The van der Waals surface area contributed by atoms with Gasteiger partial charge in [0.15, 0.2) is 5.13 Å². The van der Waals surface area contributed by atoms with Crippen molar-refractivity contribution in [3.63, 3.8) is 0 Å². The first-order valence-electron chi connectivity index (χ1n) is 9.33. The molecule has 2 aromatic carbocycles. The van der Waals surface area contributed by atoms with Crippen molar-refractivity contribution >= 4 is 33.3 Å². The number of aromatic amines is 1. The van der Waals surface area contributed by atoms with Gasteiger partial charge in [-0.05, 0) is 41.8 Å². The van der Waals surface area contributed by atoms with Gasteiger partial charge in [-0.2, -0.15) is 0 Å². The number of H-pyrrole nitrogens is 1. The van der Waals surface area contributed by atoms with Crippen molar-refractivity contribution in [2.75, 3.05) is 11.9 Å². The zero-order valence-corrected chi connectivity index (χ0v) is 16.0. The molecule has 0 saturated carbocycles. The predicted octanol–water partition coefficient (Wildman–Crippen LogP) is 4.80. The number of nitrogens with one attached hydrogen (secondary N) is 2. The lowest BCUT2D eigenvalue weighted by Crippen LogP contribution is -2.12. The van der Waals surface area contributed by atoms with Crippen LogP contribution in [-0.4, -0.2) is 22.5 Å². The molecule has 5 rings (SSSR count). The van der Waals surface area contributed by atoms with Gasteiger partial charge in [0.2, 0.25) is 5.91 Å². The highest BCUT2D eigenvalue weighted by molar-refractivity contribution is 7.14. The van der Waals surface area contributed by atoms with E-state index < -0.39 is 0 Å². The maximum absolute atomic E-state index is 12.4. The van der Waals surface area contributed by atoms with Crippen LogP contribution in [0.3, 0.4) is 0 Å². The molecule has 0 radical (unpaired) electrons. The van der Waals surface area contributed by atoms with Gasteiger partial charge in [-0.25, -0.2) is 4.98 Å². The molecule has 0 atom stereocenters. The van der Waals surface area contributed by atoms with Gasteiger partial charge < -0.3 is 15.0 Å². The molecule has 1 aliphatic rings. The second-order valence-corrected chi connectivity index (χ2v) is 7.72. The number of aryl methyl sites for hydroxylation is 1. The van der Waals surface area contributed by atoms with Crippen molar-refractivity contribution in [3.8, 4) is 17.0 Å². The lowest BCUT2D eigenvalue weighted by molar-refractivity contribution is -0.116. The van der Waals surface area contributed by atoms with E-state index in [9.17, 15) is 4.79 Å². The molecule has 28 heavy (non-hydrogen) atoms. The Hall–Kier alpha value is -3.12. The maximum Gasteiger partial charge on any atom is 0.226 e. The molecule has 6 heteroatoms. The third kappa shape index (κ3) is 3.27. The topological polar surface area (TPSA) is 67.0 Å². The molecule has 140 valence electrons. The van der Waals surface area contributed by atoms with Gasteiger partial charge in [0, 0.05) is 40.9 Å². The molecule has 0 saturated heterocycles. The van der Waals surface area contributed by atoms with Crippen LogP contribution in [0.2, 0.25) is 0 Å². The summed E-state index contributed by atoms with van der Waals surface area (Å²) in [5, 5.41) is 6.72. The van der Waals surface area contributed by atoms with Crippen LogP contribution >= 0.6 is 11.3 Å². The van der Waals surface area contributed by atoms with Crippen molar-refractivity contribution < 1.29 is 9.53 Å². The van der Waals surface area contributed by atoms with Gasteiger partial charge in [0.25, 0.3) is 0 Å². The van der Waals surface area contributed by atoms with Gasteiger partial charge in [0.05, 0.1) is 12.3 Å². The first kappa shape index (κ1) is 17.0. The Morgan fingerprint density at radius 1 is 1.25 bits per heavy atom. The third-order valence-electron chi connectivity index (χ3n) is 5.03. The lowest BCUT2D eigenvalue weighted by atomic mass is 10.1. The van der Waals surface area contributed by atoms with Crippen LogP contribution in [0.1, 0.15) is 17.5 Å². The highest BCUT2D eigenvalue weighted by Gasteiger charge is 2.15. The number of benzene rings is 2. The Balaban J connectivity index is 1.23. The summed E-state index contributed by atoms with van der Waals surface area (Å²) in [5.74, 6) is 0.943. The van der Waals surface area contributed by atoms with Crippen LogP contribution < -0.4 is 10.1 Å². The highest BCUT2D eigenvalue weighted by atomic mass is 32.1. The first-order chi connectivity index (χ1) is 13.8. The monoisotopic (exact) mass is 389 g/mol. The van der Waals surface area contributed by atoms with Crippen LogP contribution in [-0.2, 0) is 17.6 Å². The molecular formula is C22H19N3O2S. The molecule has 2 aromatic heterocycles. The summed E-state index contributed by atoms with van der Waals surface area (Å²) in [4.78, 5) is 20.2. The fourth-order valence-corrected chi connectivity index (χ4v) is 4.31. The fraction of sp³-hybridized carbons (Fsp3) is 0.182. The van der Waals surface area contributed by atoms with Crippen LogP contribution in [0.15, 0.2) is 54.0 Å².